The minimum absolute atomic E-state index is 0.0471. The van der Waals surface area contributed by atoms with Crippen molar-refractivity contribution in [2.75, 3.05) is 5.32 Å². The van der Waals surface area contributed by atoms with Crippen molar-refractivity contribution in [3.8, 4) is 0 Å². The van der Waals surface area contributed by atoms with Gasteiger partial charge in [-0.15, -0.1) is 11.3 Å². The summed E-state index contributed by atoms with van der Waals surface area (Å²) < 4.78 is 0. The predicted octanol–water partition coefficient (Wildman–Crippen LogP) is 3.61. The number of carboxylic acid groups (broad SMARTS) is 1. The predicted molar refractivity (Wildman–Crippen MR) is 80.5 cm³/mol. The van der Waals surface area contributed by atoms with Crippen molar-refractivity contribution in [1.29, 1.82) is 0 Å². The van der Waals surface area contributed by atoms with E-state index in [9.17, 15) is 14.7 Å². The molecule has 2 rings (SSSR count). The summed E-state index contributed by atoms with van der Waals surface area (Å²) >= 11 is 1.36. The number of amides is 1. The van der Waals surface area contributed by atoms with Crippen LogP contribution in [0.4, 0.5) is 5.00 Å². The Morgan fingerprint density at radius 3 is 2.75 bits per heavy atom. The molecule has 1 amide bonds. The first-order chi connectivity index (χ1) is 9.54. The minimum Gasteiger partial charge on any atom is -0.478 e. The van der Waals surface area contributed by atoms with Gasteiger partial charge in [-0.05, 0) is 38.2 Å². The first kappa shape index (κ1) is 14.8. The summed E-state index contributed by atoms with van der Waals surface area (Å²) in [6.45, 7) is 3.83. The van der Waals surface area contributed by atoms with Crippen molar-refractivity contribution in [1.82, 2.24) is 0 Å². The Morgan fingerprint density at radius 2 is 2.20 bits per heavy atom. The normalized spacial score (nSPS) is 18.0. The van der Waals surface area contributed by atoms with Crippen molar-refractivity contribution in [2.45, 2.75) is 39.5 Å². The van der Waals surface area contributed by atoms with Crippen LogP contribution in [0.5, 0.6) is 0 Å². The number of aryl methyl sites for hydroxylation is 1. The van der Waals surface area contributed by atoms with E-state index in [-0.39, 0.29) is 17.4 Å². The molecule has 0 saturated carbocycles. The third-order valence-electron chi connectivity index (χ3n) is 3.65. The highest BCUT2D eigenvalue weighted by Crippen LogP contribution is 2.34. The first-order valence-electron chi connectivity index (χ1n) is 6.86. The Morgan fingerprint density at radius 1 is 1.45 bits per heavy atom. The topological polar surface area (TPSA) is 66.4 Å². The van der Waals surface area contributed by atoms with Gasteiger partial charge in [0.15, 0.2) is 0 Å². The Bertz CT molecular complexity index is 560. The quantitative estimate of drug-likeness (QED) is 0.833. The number of hydrogen-bond acceptors (Lipinski definition) is 3. The van der Waals surface area contributed by atoms with Gasteiger partial charge in [-0.3, -0.25) is 4.79 Å². The standard InChI is InChI=1S/C15H19NO3S/c1-3-11-9(2)20-14(12(11)15(18)19)16-13(17)10-7-5-4-6-8-10/h4-5,10H,3,6-8H2,1-2H3,(H,16,17)(H,18,19). The van der Waals surface area contributed by atoms with Gasteiger partial charge >= 0.3 is 5.97 Å². The minimum atomic E-state index is -0.968. The number of aromatic carboxylic acids is 1. The molecule has 1 aliphatic carbocycles. The molecule has 0 aliphatic heterocycles. The van der Waals surface area contributed by atoms with Crippen molar-refractivity contribution in [2.24, 2.45) is 5.92 Å². The molecule has 20 heavy (non-hydrogen) atoms. The van der Waals surface area contributed by atoms with Gasteiger partial charge in [-0.1, -0.05) is 19.1 Å². The zero-order valence-corrected chi connectivity index (χ0v) is 12.5. The third kappa shape index (κ3) is 2.93. The summed E-state index contributed by atoms with van der Waals surface area (Å²) in [5.41, 5.74) is 1.08. The molecular formula is C15H19NO3S. The van der Waals surface area contributed by atoms with Gasteiger partial charge < -0.3 is 10.4 Å². The van der Waals surface area contributed by atoms with Crippen LogP contribution in [0.3, 0.4) is 0 Å². The lowest BCUT2D eigenvalue weighted by molar-refractivity contribution is -0.120. The number of nitrogens with one attached hydrogen (secondary N) is 1. The third-order valence-corrected chi connectivity index (χ3v) is 4.72. The van der Waals surface area contributed by atoms with Crippen LogP contribution in [-0.4, -0.2) is 17.0 Å². The fraction of sp³-hybridized carbons (Fsp3) is 0.467. The van der Waals surface area contributed by atoms with E-state index in [0.29, 0.717) is 11.4 Å². The second-order valence-electron chi connectivity index (χ2n) is 4.97. The van der Waals surface area contributed by atoms with Crippen LogP contribution in [0.1, 0.15) is 47.0 Å². The van der Waals surface area contributed by atoms with Gasteiger partial charge in [0, 0.05) is 10.8 Å². The smallest absolute Gasteiger partial charge is 0.339 e. The maximum absolute atomic E-state index is 12.2. The second kappa shape index (κ2) is 6.22. The summed E-state index contributed by atoms with van der Waals surface area (Å²) in [6, 6.07) is 0. The van der Waals surface area contributed by atoms with Gasteiger partial charge in [-0.25, -0.2) is 4.79 Å². The highest BCUT2D eigenvalue weighted by atomic mass is 32.1. The zero-order chi connectivity index (χ0) is 14.7. The van der Waals surface area contributed by atoms with E-state index >= 15 is 0 Å². The van der Waals surface area contributed by atoms with Gasteiger partial charge in [0.1, 0.15) is 5.00 Å². The number of carboxylic acids is 1. The molecule has 0 fully saturated rings. The average Bonchev–Trinajstić information content (AvgIpc) is 2.75. The highest BCUT2D eigenvalue weighted by Gasteiger charge is 2.25. The lowest BCUT2D eigenvalue weighted by Crippen LogP contribution is -2.24. The molecule has 1 heterocycles. The van der Waals surface area contributed by atoms with E-state index < -0.39 is 5.97 Å². The Labute approximate surface area is 122 Å². The van der Waals surface area contributed by atoms with E-state index in [2.05, 4.69) is 11.4 Å². The van der Waals surface area contributed by atoms with Crippen LogP contribution in [0.2, 0.25) is 0 Å². The van der Waals surface area contributed by atoms with Crippen molar-refractivity contribution in [3.63, 3.8) is 0 Å². The Balaban J connectivity index is 2.22. The summed E-state index contributed by atoms with van der Waals surface area (Å²) in [7, 11) is 0. The Hall–Kier alpha value is -1.62. The second-order valence-corrected chi connectivity index (χ2v) is 6.20. The zero-order valence-electron chi connectivity index (χ0n) is 11.7. The maximum Gasteiger partial charge on any atom is 0.339 e. The average molecular weight is 293 g/mol. The molecule has 108 valence electrons. The van der Waals surface area contributed by atoms with Crippen LogP contribution in [0.25, 0.3) is 0 Å². The molecule has 1 unspecified atom stereocenters. The number of hydrogen-bond donors (Lipinski definition) is 2. The number of anilines is 1. The van der Waals surface area contributed by atoms with E-state index in [0.717, 1.165) is 29.7 Å². The van der Waals surface area contributed by atoms with E-state index in [4.69, 9.17) is 0 Å². The maximum atomic E-state index is 12.2. The molecule has 0 bridgehead atoms. The van der Waals surface area contributed by atoms with Crippen LogP contribution >= 0.6 is 11.3 Å². The fourth-order valence-corrected chi connectivity index (χ4v) is 3.70. The largest absolute Gasteiger partial charge is 0.478 e. The van der Waals surface area contributed by atoms with E-state index in [1.807, 2.05) is 19.9 Å². The molecule has 1 atom stereocenters. The number of carbonyl (C=O) groups excluding carboxylic acids is 1. The van der Waals surface area contributed by atoms with Crippen molar-refractivity contribution in [3.05, 3.63) is 28.2 Å². The molecule has 1 aromatic heterocycles. The van der Waals surface area contributed by atoms with Crippen LogP contribution < -0.4 is 5.32 Å². The number of allylic oxidation sites excluding steroid dienone is 2. The molecule has 0 aromatic carbocycles. The number of carbonyl (C=O) groups is 2. The first-order valence-corrected chi connectivity index (χ1v) is 7.67. The monoisotopic (exact) mass is 293 g/mol. The SMILES string of the molecule is CCc1c(C)sc(NC(=O)C2CC=CCC2)c1C(=O)O. The molecule has 0 radical (unpaired) electrons. The number of rotatable bonds is 4. The van der Waals surface area contributed by atoms with E-state index in [1.165, 1.54) is 11.3 Å². The van der Waals surface area contributed by atoms with Gasteiger partial charge in [0.05, 0.1) is 5.56 Å². The summed E-state index contributed by atoms with van der Waals surface area (Å²) in [5, 5.41) is 12.7. The lowest BCUT2D eigenvalue weighted by Gasteiger charge is -2.16. The summed E-state index contributed by atoms with van der Waals surface area (Å²) in [5.74, 6) is -1.08. The molecule has 2 N–H and O–H groups in total. The highest BCUT2D eigenvalue weighted by molar-refractivity contribution is 7.16. The fourth-order valence-electron chi connectivity index (χ4n) is 2.56. The van der Waals surface area contributed by atoms with Gasteiger partial charge in [-0.2, -0.15) is 0 Å². The van der Waals surface area contributed by atoms with Crippen LogP contribution in [0.15, 0.2) is 12.2 Å². The summed E-state index contributed by atoms with van der Waals surface area (Å²) in [4.78, 5) is 24.6. The molecule has 1 aromatic rings. The number of thiophene rings is 1. The van der Waals surface area contributed by atoms with Crippen molar-refractivity contribution >= 4 is 28.2 Å². The van der Waals surface area contributed by atoms with Crippen LogP contribution in [-0.2, 0) is 11.2 Å². The molecule has 5 heteroatoms. The Kier molecular flexibility index (Phi) is 4.60. The van der Waals surface area contributed by atoms with E-state index in [1.54, 1.807) is 0 Å². The molecular weight excluding hydrogens is 274 g/mol. The lowest BCUT2D eigenvalue weighted by atomic mass is 9.93. The molecule has 4 nitrogen and oxygen atoms in total. The van der Waals surface area contributed by atoms with Gasteiger partial charge in [0.2, 0.25) is 5.91 Å². The molecule has 0 spiro atoms. The molecule has 1 aliphatic rings. The van der Waals surface area contributed by atoms with Crippen molar-refractivity contribution < 1.29 is 14.7 Å². The molecule has 0 saturated heterocycles. The van der Waals surface area contributed by atoms with Crippen LogP contribution in [0, 0.1) is 12.8 Å². The summed E-state index contributed by atoms with van der Waals surface area (Å²) in [6.07, 6.45) is 7.23. The van der Waals surface area contributed by atoms with Gasteiger partial charge in [0.25, 0.3) is 0 Å².